The number of aromatic amines is 1. The first-order valence-corrected chi connectivity index (χ1v) is 6.11. The van der Waals surface area contributed by atoms with Crippen LogP contribution in [0.25, 0.3) is 0 Å². The fraction of sp³-hybridized carbons (Fsp3) is 0.308. The average molecular weight is 259 g/mol. The van der Waals surface area contributed by atoms with Crippen molar-refractivity contribution in [2.45, 2.75) is 13.3 Å². The van der Waals surface area contributed by atoms with E-state index in [1.54, 1.807) is 7.05 Å². The molecule has 0 unspecified atom stereocenters. The van der Waals surface area contributed by atoms with Crippen molar-refractivity contribution >= 4 is 11.6 Å². The van der Waals surface area contributed by atoms with E-state index >= 15 is 0 Å². The monoisotopic (exact) mass is 259 g/mol. The van der Waals surface area contributed by atoms with Crippen LogP contribution in [-0.2, 0) is 6.42 Å². The quantitative estimate of drug-likeness (QED) is 0.751. The van der Waals surface area contributed by atoms with E-state index in [0.717, 1.165) is 17.1 Å². The van der Waals surface area contributed by atoms with Crippen LogP contribution in [-0.4, -0.2) is 34.7 Å². The standard InChI is InChI=1S/C13H17N5O/c1-9-3-4-10(11(7-9)14-2)13(19)15-6-5-12-16-8-17-18-12/h3-4,7-8,14H,5-6H2,1-2H3,(H,15,19)(H,16,17,18). The zero-order chi connectivity index (χ0) is 13.7. The van der Waals surface area contributed by atoms with Gasteiger partial charge in [-0.1, -0.05) is 6.07 Å². The number of anilines is 1. The number of nitrogens with zero attached hydrogens (tertiary/aromatic N) is 2. The fourth-order valence-corrected chi connectivity index (χ4v) is 1.80. The normalized spacial score (nSPS) is 10.2. The topological polar surface area (TPSA) is 82.7 Å². The number of carbonyl (C=O) groups is 1. The highest BCUT2D eigenvalue weighted by atomic mass is 16.1. The van der Waals surface area contributed by atoms with Gasteiger partial charge in [-0.25, -0.2) is 4.98 Å². The summed E-state index contributed by atoms with van der Waals surface area (Å²) >= 11 is 0. The van der Waals surface area contributed by atoms with Gasteiger partial charge in [-0.05, 0) is 24.6 Å². The number of carbonyl (C=O) groups excluding carboxylic acids is 1. The first-order chi connectivity index (χ1) is 9.20. The van der Waals surface area contributed by atoms with E-state index in [2.05, 4.69) is 25.8 Å². The highest BCUT2D eigenvalue weighted by Gasteiger charge is 2.10. The molecule has 0 aliphatic carbocycles. The number of hydrogen-bond donors (Lipinski definition) is 3. The highest BCUT2D eigenvalue weighted by Crippen LogP contribution is 2.16. The van der Waals surface area contributed by atoms with Crippen molar-refractivity contribution in [3.05, 3.63) is 41.5 Å². The van der Waals surface area contributed by atoms with Crippen LogP contribution in [0.15, 0.2) is 24.5 Å². The average Bonchev–Trinajstić information content (AvgIpc) is 2.91. The van der Waals surface area contributed by atoms with Gasteiger partial charge in [0, 0.05) is 25.7 Å². The lowest BCUT2D eigenvalue weighted by molar-refractivity contribution is 0.0955. The number of amides is 1. The summed E-state index contributed by atoms with van der Waals surface area (Å²) in [6.45, 7) is 2.51. The summed E-state index contributed by atoms with van der Waals surface area (Å²) in [7, 11) is 1.81. The van der Waals surface area contributed by atoms with Crippen molar-refractivity contribution in [1.82, 2.24) is 20.5 Å². The van der Waals surface area contributed by atoms with Crippen LogP contribution in [0.2, 0.25) is 0 Å². The van der Waals surface area contributed by atoms with Crippen molar-refractivity contribution in [2.24, 2.45) is 0 Å². The molecule has 6 heteroatoms. The maximum atomic E-state index is 12.1. The molecule has 0 atom stereocenters. The second-order valence-corrected chi connectivity index (χ2v) is 4.24. The lowest BCUT2D eigenvalue weighted by Gasteiger charge is -2.10. The molecule has 0 radical (unpaired) electrons. The Balaban J connectivity index is 1.96. The number of hydrogen-bond acceptors (Lipinski definition) is 4. The Morgan fingerprint density at radius 1 is 1.42 bits per heavy atom. The molecule has 2 rings (SSSR count). The maximum absolute atomic E-state index is 12.1. The predicted molar refractivity (Wildman–Crippen MR) is 73.1 cm³/mol. The summed E-state index contributed by atoms with van der Waals surface area (Å²) in [6, 6.07) is 5.70. The van der Waals surface area contributed by atoms with Gasteiger partial charge in [-0.3, -0.25) is 9.89 Å². The summed E-state index contributed by atoms with van der Waals surface area (Å²) in [5, 5.41) is 12.4. The molecule has 1 heterocycles. The van der Waals surface area contributed by atoms with E-state index in [1.165, 1.54) is 6.33 Å². The van der Waals surface area contributed by atoms with Crippen LogP contribution in [0.1, 0.15) is 21.7 Å². The van der Waals surface area contributed by atoms with Gasteiger partial charge >= 0.3 is 0 Å². The van der Waals surface area contributed by atoms with Gasteiger partial charge in [0.25, 0.3) is 5.91 Å². The van der Waals surface area contributed by atoms with Crippen molar-refractivity contribution in [3.63, 3.8) is 0 Å². The molecule has 0 aliphatic rings. The molecule has 0 bridgehead atoms. The first kappa shape index (κ1) is 13.1. The Morgan fingerprint density at radius 2 is 2.26 bits per heavy atom. The van der Waals surface area contributed by atoms with Crippen LogP contribution in [0, 0.1) is 6.92 Å². The fourth-order valence-electron chi connectivity index (χ4n) is 1.80. The van der Waals surface area contributed by atoms with Gasteiger partial charge in [0.05, 0.1) is 5.56 Å². The highest BCUT2D eigenvalue weighted by molar-refractivity contribution is 5.99. The van der Waals surface area contributed by atoms with Crippen molar-refractivity contribution in [1.29, 1.82) is 0 Å². The molecule has 3 N–H and O–H groups in total. The third-order valence-corrected chi connectivity index (χ3v) is 2.80. The Kier molecular flexibility index (Phi) is 4.12. The summed E-state index contributed by atoms with van der Waals surface area (Å²) in [4.78, 5) is 16.1. The number of rotatable bonds is 5. The Bertz CT molecular complexity index is 550. The number of H-pyrrole nitrogens is 1. The molecule has 0 fully saturated rings. The minimum absolute atomic E-state index is 0.0936. The number of nitrogens with one attached hydrogen (secondary N) is 3. The van der Waals surface area contributed by atoms with Crippen LogP contribution < -0.4 is 10.6 Å². The van der Waals surface area contributed by atoms with Crippen LogP contribution >= 0.6 is 0 Å². The van der Waals surface area contributed by atoms with Gasteiger partial charge in [0.2, 0.25) is 0 Å². The molecular formula is C13H17N5O. The molecule has 0 saturated heterocycles. The van der Waals surface area contributed by atoms with E-state index in [9.17, 15) is 4.79 Å². The SMILES string of the molecule is CNc1cc(C)ccc1C(=O)NCCc1ncn[nH]1. The van der Waals surface area contributed by atoms with Gasteiger partial charge in [-0.15, -0.1) is 0 Å². The number of aromatic nitrogens is 3. The summed E-state index contributed by atoms with van der Waals surface area (Å²) in [5.41, 5.74) is 2.59. The lowest BCUT2D eigenvalue weighted by atomic mass is 10.1. The van der Waals surface area contributed by atoms with Gasteiger partial charge in [0.1, 0.15) is 12.2 Å². The third-order valence-electron chi connectivity index (χ3n) is 2.80. The summed E-state index contributed by atoms with van der Waals surface area (Å²) < 4.78 is 0. The second kappa shape index (κ2) is 5.99. The molecule has 0 aliphatic heterocycles. The number of aryl methyl sites for hydroxylation is 1. The van der Waals surface area contributed by atoms with Gasteiger partial charge < -0.3 is 10.6 Å². The zero-order valence-electron chi connectivity index (χ0n) is 11.0. The second-order valence-electron chi connectivity index (χ2n) is 4.24. The molecule has 0 spiro atoms. The summed E-state index contributed by atoms with van der Waals surface area (Å²) in [5.74, 6) is 0.668. The molecule has 19 heavy (non-hydrogen) atoms. The Labute approximate surface area is 111 Å². The first-order valence-electron chi connectivity index (χ1n) is 6.11. The van der Waals surface area contributed by atoms with Crippen molar-refractivity contribution in [2.75, 3.05) is 18.9 Å². The van der Waals surface area contributed by atoms with Crippen LogP contribution in [0.3, 0.4) is 0 Å². The van der Waals surface area contributed by atoms with E-state index in [1.807, 2.05) is 25.1 Å². The van der Waals surface area contributed by atoms with Crippen LogP contribution in [0.5, 0.6) is 0 Å². The van der Waals surface area contributed by atoms with Gasteiger partial charge in [0.15, 0.2) is 0 Å². The summed E-state index contributed by atoms with van der Waals surface area (Å²) in [6.07, 6.45) is 2.09. The molecule has 1 aromatic heterocycles. The molecule has 1 aromatic carbocycles. The minimum Gasteiger partial charge on any atom is -0.387 e. The van der Waals surface area contributed by atoms with Gasteiger partial charge in [-0.2, -0.15) is 5.10 Å². The molecule has 0 saturated carbocycles. The molecule has 6 nitrogen and oxygen atoms in total. The van der Waals surface area contributed by atoms with Crippen LogP contribution in [0.4, 0.5) is 5.69 Å². The Hall–Kier alpha value is -2.37. The van der Waals surface area contributed by atoms with E-state index < -0.39 is 0 Å². The molecule has 100 valence electrons. The largest absolute Gasteiger partial charge is 0.387 e. The maximum Gasteiger partial charge on any atom is 0.253 e. The van der Waals surface area contributed by atoms with E-state index in [4.69, 9.17) is 0 Å². The van der Waals surface area contributed by atoms with Crippen molar-refractivity contribution < 1.29 is 4.79 Å². The van der Waals surface area contributed by atoms with E-state index in [0.29, 0.717) is 18.5 Å². The number of benzene rings is 1. The third kappa shape index (κ3) is 3.31. The van der Waals surface area contributed by atoms with E-state index in [-0.39, 0.29) is 5.91 Å². The molecule has 2 aromatic rings. The van der Waals surface area contributed by atoms with Crippen molar-refractivity contribution in [3.8, 4) is 0 Å². The smallest absolute Gasteiger partial charge is 0.253 e. The molecule has 1 amide bonds. The zero-order valence-corrected chi connectivity index (χ0v) is 11.0. The predicted octanol–water partition coefficient (Wildman–Crippen LogP) is 1.13. The molecular weight excluding hydrogens is 242 g/mol. The minimum atomic E-state index is -0.0936. The Morgan fingerprint density at radius 3 is 2.95 bits per heavy atom. The lowest BCUT2D eigenvalue weighted by Crippen LogP contribution is -2.26.